The molecule has 1 aliphatic heterocycles. The van der Waals surface area contributed by atoms with Crippen LogP contribution in [-0.2, 0) is 13.0 Å². The smallest absolute Gasteiger partial charge is 0.178 e. The topological polar surface area (TPSA) is 142 Å². The van der Waals surface area contributed by atoms with Crippen LogP contribution in [0.15, 0.2) is 73.1 Å². The lowest BCUT2D eigenvalue weighted by atomic mass is 9.90. The Balaban J connectivity index is 1.23. The highest BCUT2D eigenvalue weighted by atomic mass is 16.3. The summed E-state index contributed by atoms with van der Waals surface area (Å²) in [6.07, 6.45) is 5.21. The Hall–Kier alpha value is -4.28. The number of aliphatic hydroxyl groups excluding tert-OH is 1. The number of rotatable bonds is 9. The van der Waals surface area contributed by atoms with E-state index in [0.29, 0.717) is 30.1 Å². The van der Waals surface area contributed by atoms with E-state index in [2.05, 4.69) is 42.5 Å². The Morgan fingerprint density at radius 3 is 2.74 bits per heavy atom. The van der Waals surface area contributed by atoms with Gasteiger partial charge in [-0.25, -0.2) is 10.1 Å². The number of aromatic hydroxyl groups is 1. The van der Waals surface area contributed by atoms with Gasteiger partial charge in [0, 0.05) is 31.1 Å². The first-order valence-corrected chi connectivity index (χ1v) is 13.2. The lowest BCUT2D eigenvalue weighted by molar-refractivity contribution is 0.141. The zero-order valence-corrected chi connectivity index (χ0v) is 21.6. The number of fused-ring (bicyclic) bond motifs is 1. The highest BCUT2D eigenvalue weighted by Gasteiger charge is 2.32. The number of hydrogen-bond donors (Lipinski definition) is 4. The molecule has 10 heteroatoms. The molecule has 10 nitrogen and oxygen atoms in total. The van der Waals surface area contributed by atoms with E-state index in [4.69, 9.17) is 5.73 Å². The molecule has 2 aromatic carbocycles. The van der Waals surface area contributed by atoms with Crippen LogP contribution in [0.25, 0.3) is 11.2 Å². The summed E-state index contributed by atoms with van der Waals surface area (Å²) in [6.45, 7) is 2.83. The van der Waals surface area contributed by atoms with Gasteiger partial charge in [-0.3, -0.25) is 4.68 Å². The first-order chi connectivity index (χ1) is 19.0. The number of benzene rings is 2. The molecule has 0 radical (unpaired) electrons. The Labute approximate surface area is 226 Å². The Bertz CT molecular complexity index is 1550. The summed E-state index contributed by atoms with van der Waals surface area (Å²) in [7, 11) is 0. The second kappa shape index (κ2) is 10.8. The van der Waals surface area contributed by atoms with Crippen molar-refractivity contribution >= 4 is 17.0 Å². The lowest BCUT2D eigenvalue weighted by Gasteiger charge is -2.21. The maximum atomic E-state index is 10.8. The van der Waals surface area contributed by atoms with Crippen molar-refractivity contribution in [3.8, 4) is 5.75 Å². The van der Waals surface area contributed by atoms with Crippen LogP contribution < -0.4 is 5.73 Å². The van der Waals surface area contributed by atoms with E-state index in [1.807, 2.05) is 53.5 Å². The average Bonchev–Trinajstić information content (AvgIpc) is 3.66. The number of nitrogen functional groups attached to an aromatic ring is 1. The van der Waals surface area contributed by atoms with Crippen molar-refractivity contribution < 1.29 is 10.2 Å². The van der Waals surface area contributed by atoms with E-state index in [0.717, 1.165) is 42.6 Å². The Morgan fingerprint density at radius 2 is 1.90 bits per heavy atom. The monoisotopic (exact) mass is 524 g/mol. The molecule has 0 amide bonds. The number of pyridine rings is 1. The molecule has 3 aromatic heterocycles. The van der Waals surface area contributed by atoms with Gasteiger partial charge in [0.25, 0.3) is 0 Å². The number of phenolic OH excluding ortho intramolecular Hbond substituents is 1. The summed E-state index contributed by atoms with van der Waals surface area (Å²) in [5, 5.41) is 36.4. The molecule has 1 saturated heterocycles. The van der Waals surface area contributed by atoms with E-state index in [9.17, 15) is 10.2 Å². The van der Waals surface area contributed by atoms with Gasteiger partial charge in [-0.15, -0.1) is 5.10 Å². The molecule has 5 aromatic rings. The summed E-state index contributed by atoms with van der Waals surface area (Å²) in [4.78, 5) is 6.69. The second-order valence-corrected chi connectivity index (χ2v) is 10.4. The molecule has 4 heterocycles. The van der Waals surface area contributed by atoms with Crippen molar-refractivity contribution in [3.63, 3.8) is 0 Å². The molecule has 0 aliphatic carbocycles. The number of aliphatic hydroxyl groups is 1. The molecule has 1 unspecified atom stereocenters. The number of β-amino-alcohol motifs (C(OH)–C–C–N with tert-alkyl or cyclic N) is 1. The van der Waals surface area contributed by atoms with Crippen molar-refractivity contribution in [1.82, 2.24) is 35.1 Å². The van der Waals surface area contributed by atoms with E-state index >= 15 is 0 Å². The minimum Gasteiger partial charge on any atom is -0.508 e. The van der Waals surface area contributed by atoms with Crippen LogP contribution in [-0.4, -0.2) is 71.0 Å². The third-order valence-corrected chi connectivity index (χ3v) is 7.59. The van der Waals surface area contributed by atoms with E-state index in [1.165, 1.54) is 5.56 Å². The standard InChI is InChI=1S/C29H32N8O2/c30-27-13-25(28-29(32-27)34-35-33-28)24(22-14-31-37(17-22)15-20-7-4-8-23(38)12-20)9-10-36-16-21(26(39)18-36)11-19-5-2-1-3-6-19/h1-8,12-14,17,21,24,26,38-39H,9-11,15-16,18H2,(H3,30,32,33,34,35)/t21-,24?,26-/m0/s1. The molecule has 1 aliphatic rings. The van der Waals surface area contributed by atoms with Crippen molar-refractivity contribution in [2.75, 3.05) is 25.4 Å². The highest BCUT2D eigenvalue weighted by Crippen LogP contribution is 2.34. The molecule has 39 heavy (non-hydrogen) atoms. The Kier molecular flexibility index (Phi) is 6.95. The first kappa shape index (κ1) is 25.0. The van der Waals surface area contributed by atoms with E-state index in [-0.39, 0.29) is 23.7 Å². The molecule has 0 saturated carbocycles. The van der Waals surface area contributed by atoms with Gasteiger partial charge in [0.15, 0.2) is 5.65 Å². The zero-order chi connectivity index (χ0) is 26.8. The molecule has 0 spiro atoms. The molecule has 5 N–H and O–H groups in total. The van der Waals surface area contributed by atoms with Gasteiger partial charge in [0.05, 0.1) is 18.8 Å². The molecular formula is C29H32N8O2. The van der Waals surface area contributed by atoms with E-state index in [1.54, 1.807) is 12.1 Å². The van der Waals surface area contributed by atoms with Gasteiger partial charge in [-0.1, -0.05) is 47.7 Å². The number of likely N-dealkylation sites (tertiary alicyclic amines) is 1. The molecule has 3 atom stereocenters. The molecule has 200 valence electrons. The number of aromatic amines is 1. The van der Waals surface area contributed by atoms with Crippen molar-refractivity contribution in [1.29, 1.82) is 0 Å². The summed E-state index contributed by atoms with van der Waals surface area (Å²) in [5.41, 5.74) is 11.6. The number of hydrogen-bond acceptors (Lipinski definition) is 8. The average molecular weight is 525 g/mol. The maximum Gasteiger partial charge on any atom is 0.178 e. The van der Waals surface area contributed by atoms with Gasteiger partial charge in [0.1, 0.15) is 17.1 Å². The van der Waals surface area contributed by atoms with Gasteiger partial charge >= 0.3 is 0 Å². The first-order valence-electron chi connectivity index (χ1n) is 13.2. The number of phenols is 1. The van der Waals surface area contributed by atoms with Crippen LogP contribution >= 0.6 is 0 Å². The Morgan fingerprint density at radius 1 is 1.05 bits per heavy atom. The number of nitrogens with one attached hydrogen (secondary N) is 1. The van der Waals surface area contributed by atoms with Crippen LogP contribution in [0.2, 0.25) is 0 Å². The molecular weight excluding hydrogens is 492 g/mol. The van der Waals surface area contributed by atoms with Crippen molar-refractivity contribution in [2.24, 2.45) is 5.92 Å². The third kappa shape index (κ3) is 5.62. The second-order valence-electron chi connectivity index (χ2n) is 10.4. The largest absolute Gasteiger partial charge is 0.508 e. The highest BCUT2D eigenvalue weighted by molar-refractivity contribution is 5.77. The van der Waals surface area contributed by atoms with Gasteiger partial charge < -0.3 is 20.8 Å². The lowest BCUT2D eigenvalue weighted by Crippen LogP contribution is -2.25. The zero-order valence-electron chi connectivity index (χ0n) is 21.6. The van der Waals surface area contributed by atoms with Crippen LogP contribution in [0.3, 0.4) is 0 Å². The number of nitrogens with zero attached hydrogens (tertiary/aromatic N) is 6. The minimum absolute atomic E-state index is 0.0499. The van der Waals surface area contributed by atoms with Crippen molar-refractivity contribution in [2.45, 2.75) is 31.4 Å². The number of nitrogens with two attached hydrogens (primary N) is 1. The quantitative estimate of drug-likeness (QED) is 0.231. The van der Waals surface area contributed by atoms with Crippen molar-refractivity contribution in [3.05, 3.63) is 95.3 Å². The van der Waals surface area contributed by atoms with E-state index < -0.39 is 0 Å². The summed E-state index contributed by atoms with van der Waals surface area (Å²) in [6, 6.07) is 19.4. The summed E-state index contributed by atoms with van der Waals surface area (Å²) in [5.74, 6) is 0.790. The number of H-pyrrole nitrogens is 1. The fraction of sp³-hybridized carbons (Fsp3) is 0.310. The normalized spacial score (nSPS) is 18.6. The van der Waals surface area contributed by atoms with Crippen LogP contribution in [0, 0.1) is 5.92 Å². The van der Waals surface area contributed by atoms with Gasteiger partial charge in [0.2, 0.25) is 0 Å². The summed E-state index contributed by atoms with van der Waals surface area (Å²) >= 11 is 0. The summed E-state index contributed by atoms with van der Waals surface area (Å²) < 4.78 is 1.87. The van der Waals surface area contributed by atoms with Gasteiger partial charge in [-0.05, 0) is 59.8 Å². The SMILES string of the molecule is Nc1cc(C(CCN2C[C@H](Cc3ccccc3)[C@@H](O)C2)c2cnn(Cc3cccc(O)c3)c2)c2nn[nH]c2n1. The maximum absolute atomic E-state index is 10.8. The number of aromatic nitrogens is 6. The minimum atomic E-state index is -0.354. The van der Waals surface area contributed by atoms with Crippen LogP contribution in [0.1, 0.15) is 34.6 Å². The third-order valence-electron chi connectivity index (χ3n) is 7.59. The molecule has 6 rings (SSSR count). The number of anilines is 1. The predicted molar refractivity (Wildman–Crippen MR) is 148 cm³/mol. The van der Waals surface area contributed by atoms with Gasteiger partial charge in [-0.2, -0.15) is 5.10 Å². The predicted octanol–water partition coefficient (Wildman–Crippen LogP) is 2.94. The fourth-order valence-electron chi connectivity index (χ4n) is 5.69. The van der Waals surface area contributed by atoms with Crippen LogP contribution in [0.5, 0.6) is 5.75 Å². The fourth-order valence-corrected chi connectivity index (χ4v) is 5.69. The van der Waals surface area contributed by atoms with Crippen LogP contribution in [0.4, 0.5) is 5.82 Å². The molecule has 1 fully saturated rings. The molecule has 0 bridgehead atoms.